The van der Waals surface area contributed by atoms with Gasteiger partial charge in [0.25, 0.3) is 0 Å². The Morgan fingerprint density at radius 3 is 1.18 bits per heavy atom. The normalized spacial score (nSPS) is 8.36. The van der Waals surface area contributed by atoms with E-state index >= 15 is 0 Å². The Morgan fingerprint density at radius 2 is 1.00 bits per heavy atom. The number of hydrogen-bond donors (Lipinski definition) is 0. The van der Waals surface area contributed by atoms with Gasteiger partial charge in [-0.15, -0.1) is 0 Å². The van der Waals surface area contributed by atoms with Gasteiger partial charge < -0.3 is 0 Å². The molecule has 1 aromatic rings. The van der Waals surface area contributed by atoms with Crippen molar-refractivity contribution >= 4 is 11.8 Å². The van der Waals surface area contributed by atoms with Gasteiger partial charge in [0, 0.05) is 0 Å². The lowest BCUT2D eigenvalue weighted by Crippen LogP contribution is -1.70. The third kappa shape index (κ3) is 5.99. The molecule has 0 nitrogen and oxygen atoms in total. The molecule has 0 saturated heterocycles. The topological polar surface area (TPSA) is 0 Å². The third-order valence-electron chi connectivity index (χ3n) is 1.22. The fourth-order valence-corrected chi connectivity index (χ4v) is 0.637. The Labute approximate surface area is 74.0 Å². The van der Waals surface area contributed by atoms with Crippen molar-refractivity contribution in [2.75, 3.05) is 12.5 Å². The third-order valence-corrected chi connectivity index (χ3v) is 1.22. The molecule has 62 valence electrons. The lowest BCUT2D eigenvalue weighted by Gasteiger charge is -1.90. The molecule has 0 saturated carbocycles. The van der Waals surface area contributed by atoms with Gasteiger partial charge in [0.2, 0.25) is 0 Å². The maximum atomic E-state index is 2.12. The summed E-state index contributed by atoms with van der Waals surface area (Å²) in [5.41, 5.74) is 2.66. The van der Waals surface area contributed by atoms with Crippen LogP contribution >= 0.6 is 11.8 Å². The summed E-state index contributed by atoms with van der Waals surface area (Å²) >= 11 is 1.75. The molecular formula is C10H16S. The molecular weight excluding hydrogens is 152 g/mol. The van der Waals surface area contributed by atoms with Gasteiger partial charge in [-0.1, -0.05) is 35.4 Å². The SMILES string of the molecule is CSC.Cc1ccc(C)cc1. The van der Waals surface area contributed by atoms with Gasteiger partial charge in [0.05, 0.1) is 0 Å². The zero-order valence-corrected chi connectivity index (χ0v) is 8.53. The molecule has 0 bridgehead atoms. The Kier molecular flexibility index (Phi) is 6.05. The molecule has 0 fully saturated rings. The summed E-state index contributed by atoms with van der Waals surface area (Å²) in [5, 5.41) is 0. The molecule has 0 unspecified atom stereocenters. The molecule has 1 heteroatoms. The van der Waals surface area contributed by atoms with E-state index in [2.05, 4.69) is 38.1 Å². The Hall–Kier alpha value is -0.430. The van der Waals surface area contributed by atoms with Gasteiger partial charge in [-0.05, 0) is 26.4 Å². The average Bonchev–Trinajstić information content (AvgIpc) is 1.97. The van der Waals surface area contributed by atoms with Crippen LogP contribution in [-0.4, -0.2) is 12.5 Å². The zero-order valence-electron chi connectivity index (χ0n) is 7.72. The van der Waals surface area contributed by atoms with E-state index in [-0.39, 0.29) is 0 Å². The second-order valence-electron chi connectivity index (χ2n) is 2.56. The van der Waals surface area contributed by atoms with Crippen LogP contribution in [0.5, 0.6) is 0 Å². The van der Waals surface area contributed by atoms with Gasteiger partial charge in [0.1, 0.15) is 0 Å². The maximum absolute atomic E-state index is 2.12. The van der Waals surface area contributed by atoms with Crippen molar-refractivity contribution in [3.8, 4) is 0 Å². The lowest BCUT2D eigenvalue weighted by molar-refractivity contribution is 1.40. The van der Waals surface area contributed by atoms with E-state index in [0.717, 1.165) is 0 Å². The van der Waals surface area contributed by atoms with Crippen molar-refractivity contribution < 1.29 is 0 Å². The first-order chi connectivity index (χ1) is 5.20. The van der Waals surface area contributed by atoms with Gasteiger partial charge in [-0.3, -0.25) is 0 Å². The predicted octanol–water partition coefficient (Wildman–Crippen LogP) is 3.28. The smallest absolute Gasteiger partial charge is 0.0187 e. The largest absolute Gasteiger partial charge is 0.169 e. The average molecular weight is 168 g/mol. The maximum Gasteiger partial charge on any atom is -0.0187 e. The highest BCUT2D eigenvalue weighted by Gasteiger charge is 1.79. The van der Waals surface area contributed by atoms with E-state index in [4.69, 9.17) is 0 Å². The lowest BCUT2D eigenvalue weighted by atomic mass is 10.2. The van der Waals surface area contributed by atoms with E-state index in [9.17, 15) is 0 Å². The summed E-state index contributed by atoms with van der Waals surface area (Å²) in [6, 6.07) is 8.48. The fraction of sp³-hybridized carbons (Fsp3) is 0.400. The van der Waals surface area contributed by atoms with E-state index in [0.29, 0.717) is 0 Å². The van der Waals surface area contributed by atoms with Crippen molar-refractivity contribution in [1.29, 1.82) is 0 Å². The molecule has 11 heavy (non-hydrogen) atoms. The van der Waals surface area contributed by atoms with Crippen LogP contribution in [0.3, 0.4) is 0 Å². The highest BCUT2D eigenvalue weighted by Crippen LogP contribution is 1.99. The summed E-state index contributed by atoms with van der Waals surface area (Å²) in [5.74, 6) is 0. The van der Waals surface area contributed by atoms with E-state index in [1.165, 1.54) is 11.1 Å². The molecule has 1 rings (SSSR count). The molecule has 0 N–H and O–H groups in total. The van der Waals surface area contributed by atoms with Crippen LogP contribution in [0.4, 0.5) is 0 Å². The van der Waals surface area contributed by atoms with Crippen molar-refractivity contribution in [2.45, 2.75) is 13.8 Å². The summed E-state index contributed by atoms with van der Waals surface area (Å²) in [4.78, 5) is 0. The van der Waals surface area contributed by atoms with Crippen molar-refractivity contribution in [1.82, 2.24) is 0 Å². The minimum atomic E-state index is 1.33. The second-order valence-corrected chi connectivity index (χ2v) is 3.38. The number of aryl methyl sites for hydroxylation is 2. The van der Waals surface area contributed by atoms with Crippen LogP contribution in [0.25, 0.3) is 0 Å². The van der Waals surface area contributed by atoms with Crippen LogP contribution in [0.15, 0.2) is 24.3 Å². The quantitative estimate of drug-likeness (QED) is 0.573. The second kappa shape index (κ2) is 6.29. The van der Waals surface area contributed by atoms with Crippen molar-refractivity contribution in [2.24, 2.45) is 0 Å². The Bertz CT molecular complexity index is 156. The molecule has 0 amide bonds. The van der Waals surface area contributed by atoms with Crippen LogP contribution in [0.2, 0.25) is 0 Å². The van der Waals surface area contributed by atoms with Gasteiger partial charge in [0.15, 0.2) is 0 Å². The molecule has 0 aliphatic heterocycles. The van der Waals surface area contributed by atoms with E-state index in [1.54, 1.807) is 11.8 Å². The zero-order chi connectivity index (χ0) is 8.69. The fourth-order valence-electron chi connectivity index (χ4n) is 0.637. The molecule has 0 aromatic heterocycles. The van der Waals surface area contributed by atoms with Crippen molar-refractivity contribution in [3.05, 3.63) is 35.4 Å². The van der Waals surface area contributed by atoms with Gasteiger partial charge in [-0.25, -0.2) is 0 Å². The summed E-state index contributed by atoms with van der Waals surface area (Å²) in [7, 11) is 0. The van der Waals surface area contributed by atoms with Crippen molar-refractivity contribution in [3.63, 3.8) is 0 Å². The Balaban J connectivity index is 0.000000292. The first kappa shape index (κ1) is 10.6. The minimum absolute atomic E-state index is 1.33. The monoisotopic (exact) mass is 168 g/mol. The molecule has 0 radical (unpaired) electrons. The van der Waals surface area contributed by atoms with E-state index in [1.807, 2.05) is 12.5 Å². The highest BCUT2D eigenvalue weighted by molar-refractivity contribution is 7.97. The summed E-state index contributed by atoms with van der Waals surface area (Å²) in [6.07, 6.45) is 4.08. The van der Waals surface area contributed by atoms with Crippen LogP contribution in [0, 0.1) is 13.8 Å². The van der Waals surface area contributed by atoms with E-state index < -0.39 is 0 Å². The molecule has 0 heterocycles. The van der Waals surface area contributed by atoms with Gasteiger partial charge >= 0.3 is 0 Å². The van der Waals surface area contributed by atoms with Crippen LogP contribution < -0.4 is 0 Å². The number of hydrogen-bond acceptors (Lipinski definition) is 1. The summed E-state index contributed by atoms with van der Waals surface area (Å²) in [6.45, 7) is 4.19. The van der Waals surface area contributed by atoms with Crippen LogP contribution in [0.1, 0.15) is 11.1 Å². The van der Waals surface area contributed by atoms with Crippen LogP contribution in [-0.2, 0) is 0 Å². The number of thioether (sulfide) groups is 1. The Morgan fingerprint density at radius 1 is 0.818 bits per heavy atom. The first-order valence-corrected chi connectivity index (χ1v) is 5.27. The summed E-state index contributed by atoms with van der Waals surface area (Å²) < 4.78 is 0. The molecule has 0 aliphatic carbocycles. The predicted molar refractivity (Wildman–Crippen MR) is 55.4 cm³/mol. The van der Waals surface area contributed by atoms with Gasteiger partial charge in [-0.2, -0.15) is 11.8 Å². The first-order valence-electron chi connectivity index (χ1n) is 3.64. The molecule has 0 spiro atoms. The molecule has 1 aromatic carbocycles. The standard InChI is InChI=1S/C8H10.C2H6S/c1-7-3-5-8(2)6-4-7;1-3-2/h3-6H,1-2H3;1-2H3. The molecule has 0 atom stereocenters. The highest BCUT2D eigenvalue weighted by atomic mass is 32.2. The number of rotatable bonds is 0. The number of benzene rings is 1. The molecule has 0 aliphatic rings. The minimum Gasteiger partial charge on any atom is -0.169 e.